The molecule has 1 aromatic carbocycles. The predicted molar refractivity (Wildman–Crippen MR) is 68.9 cm³/mol. The standard InChI is InChI=1S/C12H12BrN3/c1-8-7-9(2)15-12(14-8)16-11-5-3-10(13)4-6-11/h3-7H,1-2H3,(H,14,15,16). The van der Waals surface area contributed by atoms with Crippen LogP contribution >= 0.6 is 15.9 Å². The Morgan fingerprint density at radius 1 is 1.00 bits per heavy atom. The van der Waals surface area contributed by atoms with Gasteiger partial charge in [0.05, 0.1) is 0 Å². The minimum Gasteiger partial charge on any atom is -0.324 e. The lowest BCUT2D eigenvalue weighted by Gasteiger charge is -2.06. The second kappa shape index (κ2) is 4.61. The highest BCUT2D eigenvalue weighted by Gasteiger charge is 1.99. The van der Waals surface area contributed by atoms with Crippen LogP contribution in [0.25, 0.3) is 0 Å². The first-order valence-corrected chi connectivity index (χ1v) is 5.78. The molecule has 4 heteroatoms. The molecule has 0 bridgehead atoms. The number of hydrogen-bond acceptors (Lipinski definition) is 3. The van der Waals surface area contributed by atoms with E-state index >= 15 is 0 Å². The Labute approximate surface area is 103 Å². The topological polar surface area (TPSA) is 37.8 Å². The summed E-state index contributed by atoms with van der Waals surface area (Å²) in [5, 5.41) is 3.17. The molecule has 0 saturated carbocycles. The van der Waals surface area contributed by atoms with Gasteiger partial charge in [0.2, 0.25) is 5.95 Å². The Kier molecular flexibility index (Phi) is 3.19. The van der Waals surface area contributed by atoms with Gasteiger partial charge < -0.3 is 5.32 Å². The number of aryl methyl sites for hydroxylation is 2. The quantitative estimate of drug-likeness (QED) is 0.912. The maximum Gasteiger partial charge on any atom is 0.227 e. The molecule has 1 N–H and O–H groups in total. The van der Waals surface area contributed by atoms with Crippen LogP contribution < -0.4 is 5.32 Å². The fourth-order valence-electron chi connectivity index (χ4n) is 1.44. The first-order chi connectivity index (χ1) is 7.63. The Hall–Kier alpha value is -1.42. The van der Waals surface area contributed by atoms with E-state index in [1.165, 1.54) is 0 Å². The molecule has 1 heterocycles. The van der Waals surface area contributed by atoms with E-state index in [9.17, 15) is 0 Å². The average Bonchev–Trinajstić information content (AvgIpc) is 2.20. The molecule has 0 amide bonds. The molecule has 82 valence electrons. The largest absolute Gasteiger partial charge is 0.324 e. The summed E-state index contributed by atoms with van der Waals surface area (Å²) >= 11 is 3.40. The van der Waals surface area contributed by atoms with E-state index in [2.05, 4.69) is 31.2 Å². The van der Waals surface area contributed by atoms with Crippen molar-refractivity contribution in [3.05, 3.63) is 46.2 Å². The molecule has 0 fully saturated rings. The molecule has 0 aliphatic heterocycles. The maximum absolute atomic E-state index is 4.32. The van der Waals surface area contributed by atoms with E-state index in [0.717, 1.165) is 21.5 Å². The predicted octanol–water partition coefficient (Wildman–Crippen LogP) is 3.60. The van der Waals surface area contributed by atoms with Crippen LogP contribution in [0.5, 0.6) is 0 Å². The molecule has 0 spiro atoms. The van der Waals surface area contributed by atoms with Gasteiger partial charge in [0.25, 0.3) is 0 Å². The molecule has 2 rings (SSSR count). The third-order valence-corrected chi connectivity index (χ3v) is 2.61. The summed E-state index contributed by atoms with van der Waals surface area (Å²) in [6, 6.07) is 9.86. The minimum atomic E-state index is 0.639. The van der Waals surface area contributed by atoms with Gasteiger partial charge in [-0.1, -0.05) is 15.9 Å². The molecule has 0 aliphatic carbocycles. The van der Waals surface area contributed by atoms with Crippen LogP contribution in [-0.2, 0) is 0 Å². The first kappa shape index (κ1) is 11.1. The van der Waals surface area contributed by atoms with Crippen molar-refractivity contribution in [2.45, 2.75) is 13.8 Å². The van der Waals surface area contributed by atoms with Crippen LogP contribution in [0.15, 0.2) is 34.8 Å². The molecule has 0 saturated heterocycles. The van der Waals surface area contributed by atoms with Gasteiger partial charge in [-0.05, 0) is 44.2 Å². The van der Waals surface area contributed by atoms with Crippen LogP contribution in [0.1, 0.15) is 11.4 Å². The summed E-state index contributed by atoms with van der Waals surface area (Å²) in [6.45, 7) is 3.92. The third-order valence-electron chi connectivity index (χ3n) is 2.08. The molecular formula is C12H12BrN3. The monoisotopic (exact) mass is 277 g/mol. The van der Waals surface area contributed by atoms with E-state index in [-0.39, 0.29) is 0 Å². The fourth-order valence-corrected chi connectivity index (χ4v) is 1.71. The molecule has 0 aliphatic rings. The molecule has 0 radical (unpaired) electrons. The van der Waals surface area contributed by atoms with Gasteiger partial charge in [0.1, 0.15) is 0 Å². The van der Waals surface area contributed by atoms with E-state index < -0.39 is 0 Å². The summed E-state index contributed by atoms with van der Waals surface area (Å²) in [6.07, 6.45) is 0. The number of aromatic nitrogens is 2. The Morgan fingerprint density at radius 3 is 2.12 bits per heavy atom. The first-order valence-electron chi connectivity index (χ1n) is 4.98. The molecule has 1 aromatic heterocycles. The number of nitrogens with zero attached hydrogens (tertiary/aromatic N) is 2. The van der Waals surface area contributed by atoms with Crippen molar-refractivity contribution < 1.29 is 0 Å². The van der Waals surface area contributed by atoms with Gasteiger partial charge in [0.15, 0.2) is 0 Å². The van der Waals surface area contributed by atoms with Crippen molar-refractivity contribution in [1.29, 1.82) is 0 Å². The maximum atomic E-state index is 4.32. The van der Waals surface area contributed by atoms with Crippen molar-refractivity contribution in [2.24, 2.45) is 0 Å². The SMILES string of the molecule is Cc1cc(C)nc(Nc2ccc(Br)cc2)n1. The van der Waals surface area contributed by atoms with Crippen LogP contribution in [0, 0.1) is 13.8 Å². The average molecular weight is 278 g/mol. The molecule has 0 atom stereocenters. The normalized spacial score (nSPS) is 10.2. The zero-order valence-electron chi connectivity index (χ0n) is 9.16. The van der Waals surface area contributed by atoms with Gasteiger partial charge in [0, 0.05) is 21.5 Å². The smallest absolute Gasteiger partial charge is 0.227 e. The van der Waals surface area contributed by atoms with E-state index in [1.54, 1.807) is 0 Å². The number of nitrogens with one attached hydrogen (secondary N) is 1. The Bertz CT molecular complexity index is 474. The minimum absolute atomic E-state index is 0.639. The number of halogens is 1. The van der Waals surface area contributed by atoms with Gasteiger partial charge in [-0.15, -0.1) is 0 Å². The van der Waals surface area contributed by atoms with Gasteiger partial charge in [-0.25, -0.2) is 9.97 Å². The number of rotatable bonds is 2. The molecule has 3 nitrogen and oxygen atoms in total. The number of benzene rings is 1. The zero-order chi connectivity index (χ0) is 11.5. The lowest BCUT2D eigenvalue weighted by atomic mass is 10.3. The highest BCUT2D eigenvalue weighted by atomic mass is 79.9. The van der Waals surface area contributed by atoms with Crippen molar-refractivity contribution >= 4 is 27.6 Å². The lowest BCUT2D eigenvalue weighted by Crippen LogP contribution is -1.99. The van der Waals surface area contributed by atoms with Crippen molar-refractivity contribution in [3.8, 4) is 0 Å². The highest BCUT2D eigenvalue weighted by Crippen LogP contribution is 2.17. The highest BCUT2D eigenvalue weighted by molar-refractivity contribution is 9.10. The second-order valence-electron chi connectivity index (χ2n) is 3.61. The summed E-state index contributed by atoms with van der Waals surface area (Å²) < 4.78 is 1.05. The van der Waals surface area contributed by atoms with Crippen molar-refractivity contribution in [1.82, 2.24) is 9.97 Å². The number of hydrogen-bond donors (Lipinski definition) is 1. The van der Waals surface area contributed by atoms with Crippen molar-refractivity contribution in [2.75, 3.05) is 5.32 Å². The Morgan fingerprint density at radius 2 is 1.56 bits per heavy atom. The van der Waals surface area contributed by atoms with Crippen LogP contribution in [0.3, 0.4) is 0 Å². The summed E-state index contributed by atoms with van der Waals surface area (Å²) in [5.41, 5.74) is 2.91. The van der Waals surface area contributed by atoms with E-state index in [1.807, 2.05) is 44.2 Å². The summed E-state index contributed by atoms with van der Waals surface area (Å²) in [5.74, 6) is 0.639. The second-order valence-corrected chi connectivity index (χ2v) is 4.52. The van der Waals surface area contributed by atoms with Gasteiger partial charge in [-0.3, -0.25) is 0 Å². The van der Waals surface area contributed by atoms with Crippen LogP contribution in [-0.4, -0.2) is 9.97 Å². The number of anilines is 2. The molecule has 16 heavy (non-hydrogen) atoms. The third kappa shape index (κ3) is 2.79. The van der Waals surface area contributed by atoms with Crippen LogP contribution in [0.2, 0.25) is 0 Å². The lowest BCUT2D eigenvalue weighted by molar-refractivity contribution is 1.06. The summed E-state index contributed by atoms with van der Waals surface area (Å²) in [4.78, 5) is 8.64. The summed E-state index contributed by atoms with van der Waals surface area (Å²) in [7, 11) is 0. The molecular weight excluding hydrogens is 266 g/mol. The van der Waals surface area contributed by atoms with Crippen LogP contribution in [0.4, 0.5) is 11.6 Å². The van der Waals surface area contributed by atoms with Gasteiger partial charge >= 0.3 is 0 Å². The van der Waals surface area contributed by atoms with Crippen molar-refractivity contribution in [3.63, 3.8) is 0 Å². The van der Waals surface area contributed by atoms with E-state index in [0.29, 0.717) is 5.95 Å². The fraction of sp³-hybridized carbons (Fsp3) is 0.167. The molecule has 0 unspecified atom stereocenters. The zero-order valence-corrected chi connectivity index (χ0v) is 10.7. The van der Waals surface area contributed by atoms with Gasteiger partial charge in [-0.2, -0.15) is 0 Å². The Balaban J connectivity index is 2.23. The molecule has 2 aromatic rings. The van der Waals surface area contributed by atoms with E-state index in [4.69, 9.17) is 0 Å².